The third-order valence-corrected chi connectivity index (χ3v) is 7.41. The van der Waals surface area contributed by atoms with Crippen molar-refractivity contribution in [3.63, 3.8) is 0 Å². The molecule has 8 rings (SSSR count). The van der Waals surface area contributed by atoms with E-state index in [0.717, 1.165) is 45.0 Å². The summed E-state index contributed by atoms with van der Waals surface area (Å²) in [5.41, 5.74) is 9.93. The summed E-state index contributed by atoms with van der Waals surface area (Å²) in [6.45, 7) is 4.52. The molecular formula is C31H22N4O. The Bertz CT molecular complexity index is 2030. The first-order valence-corrected chi connectivity index (χ1v) is 12.2. The molecule has 0 aliphatic carbocycles. The van der Waals surface area contributed by atoms with E-state index in [0.29, 0.717) is 6.61 Å². The second-order valence-electron chi connectivity index (χ2n) is 9.67. The van der Waals surface area contributed by atoms with Crippen molar-refractivity contribution < 1.29 is 4.74 Å². The van der Waals surface area contributed by atoms with Gasteiger partial charge in [0.2, 0.25) is 0 Å². The summed E-state index contributed by atoms with van der Waals surface area (Å²) in [6, 6.07) is 26.2. The van der Waals surface area contributed by atoms with Crippen molar-refractivity contribution in [2.45, 2.75) is 20.5 Å². The summed E-state index contributed by atoms with van der Waals surface area (Å²) < 4.78 is 6.25. The van der Waals surface area contributed by atoms with Crippen LogP contribution in [0.1, 0.15) is 17.2 Å². The van der Waals surface area contributed by atoms with Gasteiger partial charge in [0.1, 0.15) is 23.8 Å². The lowest BCUT2D eigenvalue weighted by molar-refractivity contribution is 0.305. The second-order valence-corrected chi connectivity index (χ2v) is 9.67. The lowest BCUT2D eigenvalue weighted by Gasteiger charge is -2.22. The van der Waals surface area contributed by atoms with Crippen LogP contribution < -0.4 is 4.74 Å². The summed E-state index contributed by atoms with van der Waals surface area (Å²) in [6.07, 6.45) is 0. The van der Waals surface area contributed by atoms with Crippen LogP contribution in [-0.2, 0) is 6.61 Å². The first-order chi connectivity index (χ1) is 17.6. The molecule has 0 radical (unpaired) electrons. The van der Waals surface area contributed by atoms with E-state index in [1.165, 1.54) is 43.8 Å². The number of fused-ring (bicyclic) bond motifs is 11. The molecule has 5 aromatic carbocycles. The van der Waals surface area contributed by atoms with E-state index >= 15 is 0 Å². The average Bonchev–Trinajstić information content (AvgIpc) is 3.49. The Balaban J connectivity index is 1.31. The Morgan fingerprint density at radius 3 is 2.33 bits per heavy atom. The van der Waals surface area contributed by atoms with E-state index in [9.17, 15) is 0 Å². The van der Waals surface area contributed by atoms with Crippen LogP contribution in [0.4, 0.5) is 0 Å². The third-order valence-electron chi connectivity index (χ3n) is 7.41. The Morgan fingerprint density at radius 2 is 1.42 bits per heavy atom. The number of hydrogen-bond acceptors (Lipinski definition) is 3. The fourth-order valence-electron chi connectivity index (χ4n) is 5.81. The van der Waals surface area contributed by atoms with Gasteiger partial charge in [-0.3, -0.25) is 0 Å². The minimum absolute atomic E-state index is 0.533. The van der Waals surface area contributed by atoms with E-state index < -0.39 is 0 Å². The van der Waals surface area contributed by atoms with Gasteiger partial charge in [0.05, 0.1) is 16.6 Å². The quantitative estimate of drug-likeness (QED) is 0.245. The molecule has 0 unspecified atom stereocenters. The highest BCUT2D eigenvalue weighted by Gasteiger charge is 2.22. The van der Waals surface area contributed by atoms with Crippen molar-refractivity contribution in [3.8, 4) is 28.0 Å². The van der Waals surface area contributed by atoms with Crippen molar-refractivity contribution in [3.05, 3.63) is 90.0 Å². The number of H-pyrrole nitrogens is 2. The molecule has 1 aliphatic rings. The van der Waals surface area contributed by atoms with Crippen LogP contribution in [0.5, 0.6) is 5.75 Å². The monoisotopic (exact) mass is 466 g/mol. The number of imidazole rings is 2. The molecule has 172 valence electrons. The molecule has 1 aliphatic heterocycles. The molecule has 5 nitrogen and oxygen atoms in total. The van der Waals surface area contributed by atoms with Gasteiger partial charge in [-0.15, -0.1) is 0 Å². The molecule has 36 heavy (non-hydrogen) atoms. The lowest BCUT2D eigenvalue weighted by Crippen LogP contribution is -2.06. The highest BCUT2D eigenvalue weighted by molar-refractivity contribution is 6.23. The molecule has 0 bridgehead atoms. The van der Waals surface area contributed by atoms with E-state index in [1.54, 1.807) is 0 Å². The zero-order chi connectivity index (χ0) is 24.0. The van der Waals surface area contributed by atoms with Gasteiger partial charge in [-0.05, 0) is 71.1 Å². The summed E-state index contributed by atoms with van der Waals surface area (Å²) >= 11 is 0. The van der Waals surface area contributed by atoms with Crippen LogP contribution in [0.3, 0.4) is 0 Å². The minimum atomic E-state index is 0.533. The molecule has 5 heteroatoms. The fraction of sp³-hybridized carbons (Fsp3) is 0.0968. The summed E-state index contributed by atoms with van der Waals surface area (Å²) in [7, 11) is 0. The highest BCUT2D eigenvalue weighted by atomic mass is 16.5. The number of aromatic amines is 2. The van der Waals surface area contributed by atoms with Crippen molar-refractivity contribution in [1.29, 1.82) is 0 Å². The van der Waals surface area contributed by atoms with Gasteiger partial charge in [-0.2, -0.15) is 0 Å². The second kappa shape index (κ2) is 6.95. The zero-order valence-electron chi connectivity index (χ0n) is 19.9. The number of aromatic nitrogens is 4. The SMILES string of the molecule is Cc1nc2c3c(ccc2[nH]1)-c1ccc(-c2ccc4c(c2)c2ccccc2c2nc(C)[nH]c42)cc1CO3. The van der Waals surface area contributed by atoms with Gasteiger partial charge in [-0.1, -0.05) is 48.5 Å². The van der Waals surface area contributed by atoms with Gasteiger partial charge < -0.3 is 14.7 Å². The Hall–Kier alpha value is -4.64. The Morgan fingerprint density at radius 1 is 0.667 bits per heavy atom. The largest absolute Gasteiger partial charge is 0.486 e. The highest BCUT2D eigenvalue weighted by Crippen LogP contribution is 2.43. The molecule has 2 N–H and O–H groups in total. The molecular weight excluding hydrogens is 444 g/mol. The molecule has 0 saturated heterocycles. The molecule has 3 heterocycles. The van der Waals surface area contributed by atoms with Gasteiger partial charge in [0.15, 0.2) is 5.75 Å². The number of ether oxygens (including phenoxy) is 1. The number of rotatable bonds is 1. The molecule has 0 saturated carbocycles. The Labute approximate surface area is 206 Å². The first kappa shape index (κ1) is 19.6. The average molecular weight is 467 g/mol. The molecule has 0 spiro atoms. The van der Waals surface area contributed by atoms with E-state index in [1.807, 2.05) is 13.8 Å². The topological polar surface area (TPSA) is 66.6 Å². The van der Waals surface area contributed by atoms with Crippen molar-refractivity contribution >= 4 is 43.6 Å². The van der Waals surface area contributed by atoms with Crippen molar-refractivity contribution in [2.24, 2.45) is 0 Å². The van der Waals surface area contributed by atoms with Gasteiger partial charge in [0.25, 0.3) is 0 Å². The number of hydrogen-bond donors (Lipinski definition) is 2. The molecule has 0 atom stereocenters. The number of aryl methyl sites for hydroxylation is 2. The van der Waals surface area contributed by atoms with E-state index in [4.69, 9.17) is 9.72 Å². The van der Waals surface area contributed by atoms with Crippen LogP contribution in [0.15, 0.2) is 72.8 Å². The maximum absolute atomic E-state index is 6.25. The Kier molecular flexibility index (Phi) is 3.79. The molecule has 7 aromatic rings. The standard InChI is InChI=1S/C31H22N4O/c1-16-32-27-12-11-25-21-9-7-18(13-20(21)15-36-31(25)30(27)35-16)19-8-10-24-26(14-19)22-5-3-4-6-23(22)28-29(24)34-17(2)33-28/h3-14H,15H2,1-2H3,(H,32,35)(H,33,34). The third kappa shape index (κ3) is 2.65. The van der Waals surface area contributed by atoms with E-state index in [-0.39, 0.29) is 0 Å². The predicted octanol–water partition coefficient (Wildman–Crippen LogP) is 7.59. The number of benzene rings is 5. The molecule has 0 fully saturated rings. The molecule has 0 amide bonds. The summed E-state index contributed by atoms with van der Waals surface area (Å²) in [5, 5.41) is 4.83. The van der Waals surface area contributed by atoms with Gasteiger partial charge >= 0.3 is 0 Å². The summed E-state index contributed by atoms with van der Waals surface area (Å²) in [5.74, 6) is 2.70. The predicted molar refractivity (Wildman–Crippen MR) is 145 cm³/mol. The van der Waals surface area contributed by atoms with Crippen LogP contribution in [0, 0.1) is 13.8 Å². The van der Waals surface area contributed by atoms with Crippen LogP contribution in [-0.4, -0.2) is 19.9 Å². The van der Waals surface area contributed by atoms with Crippen molar-refractivity contribution in [2.75, 3.05) is 0 Å². The van der Waals surface area contributed by atoms with Crippen molar-refractivity contribution in [1.82, 2.24) is 19.9 Å². The maximum atomic E-state index is 6.25. The first-order valence-electron chi connectivity index (χ1n) is 12.2. The normalized spacial score (nSPS) is 12.8. The smallest absolute Gasteiger partial charge is 0.155 e. The number of nitrogens with zero attached hydrogens (tertiary/aromatic N) is 2. The van der Waals surface area contributed by atoms with Gasteiger partial charge in [-0.25, -0.2) is 9.97 Å². The minimum Gasteiger partial charge on any atom is -0.486 e. The van der Waals surface area contributed by atoms with Crippen LogP contribution >= 0.6 is 0 Å². The van der Waals surface area contributed by atoms with Crippen LogP contribution in [0.2, 0.25) is 0 Å². The van der Waals surface area contributed by atoms with E-state index in [2.05, 4.69) is 87.7 Å². The lowest BCUT2D eigenvalue weighted by atomic mass is 9.91. The summed E-state index contributed by atoms with van der Waals surface area (Å²) in [4.78, 5) is 16.2. The van der Waals surface area contributed by atoms with Gasteiger partial charge in [0, 0.05) is 16.3 Å². The zero-order valence-corrected chi connectivity index (χ0v) is 19.9. The maximum Gasteiger partial charge on any atom is 0.155 e. The number of nitrogens with one attached hydrogen (secondary N) is 2. The fourth-order valence-corrected chi connectivity index (χ4v) is 5.81. The van der Waals surface area contributed by atoms with Crippen LogP contribution in [0.25, 0.3) is 65.9 Å². The molecule has 2 aromatic heterocycles.